The van der Waals surface area contributed by atoms with Crippen LogP contribution in [0.5, 0.6) is 5.88 Å². The topological polar surface area (TPSA) is 111 Å². The normalized spacial score (nSPS) is 15.6. The molecule has 0 radical (unpaired) electrons. The molecule has 8 nitrogen and oxygen atoms in total. The molecule has 4 rings (SSSR count). The summed E-state index contributed by atoms with van der Waals surface area (Å²) in [6.07, 6.45) is 9.03. The highest BCUT2D eigenvalue weighted by atomic mass is 32.2. The van der Waals surface area contributed by atoms with Gasteiger partial charge in [-0.1, -0.05) is 19.3 Å². The maximum absolute atomic E-state index is 11.6. The number of H-pyrrole nitrogens is 2. The highest BCUT2D eigenvalue weighted by Gasteiger charge is 2.20. The quantitative estimate of drug-likeness (QED) is 0.656. The molecule has 0 aliphatic heterocycles. The van der Waals surface area contributed by atoms with Crippen LogP contribution in [0.15, 0.2) is 35.5 Å². The number of anilines is 2. The fourth-order valence-electron chi connectivity index (χ4n) is 3.49. The van der Waals surface area contributed by atoms with Gasteiger partial charge in [0.2, 0.25) is 0 Å². The second-order valence-corrected chi connectivity index (χ2v) is 9.27. The summed E-state index contributed by atoms with van der Waals surface area (Å²) in [5.74, 6) is 1.65. The number of fused-ring (bicyclic) bond motifs is 1. The van der Waals surface area contributed by atoms with E-state index in [2.05, 4.69) is 25.3 Å². The first-order valence-electron chi connectivity index (χ1n) is 9.45. The van der Waals surface area contributed by atoms with E-state index in [9.17, 15) is 8.42 Å². The summed E-state index contributed by atoms with van der Waals surface area (Å²) in [5.41, 5.74) is 1.99. The molecule has 9 heteroatoms. The molecule has 148 valence electrons. The van der Waals surface area contributed by atoms with E-state index in [0.717, 1.165) is 5.52 Å². The van der Waals surface area contributed by atoms with Gasteiger partial charge < -0.3 is 9.72 Å². The number of nitrogens with one attached hydrogen (secondary N) is 3. The van der Waals surface area contributed by atoms with Gasteiger partial charge in [0.1, 0.15) is 0 Å². The molecule has 1 fully saturated rings. The predicted molar refractivity (Wildman–Crippen MR) is 105 cm³/mol. The Hall–Kier alpha value is -2.68. The predicted octanol–water partition coefficient (Wildman–Crippen LogP) is 2.88. The van der Waals surface area contributed by atoms with Gasteiger partial charge in [0.05, 0.1) is 23.5 Å². The second kappa shape index (κ2) is 7.75. The molecule has 0 saturated heterocycles. The van der Waals surface area contributed by atoms with Crippen LogP contribution in [-0.2, 0) is 9.84 Å². The van der Waals surface area contributed by atoms with E-state index in [1.165, 1.54) is 38.4 Å². The number of nitrogens with zero attached hydrogens (tertiary/aromatic N) is 2. The zero-order valence-electron chi connectivity index (χ0n) is 15.7. The molecule has 2 heterocycles. The summed E-state index contributed by atoms with van der Waals surface area (Å²) in [6.45, 7) is 0.664. The average Bonchev–Trinajstić information content (AvgIpc) is 3.15. The number of rotatable bonds is 6. The van der Waals surface area contributed by atoms with Crippen molar-refractivity contribution in [2.45, 2.75) is 37.0 Å². The van der Waals surface area contributed by atoms with Gasteiger partial charge in [0.25, 0.3) is 11.5 Å². The van der Waals surface area contributed by atoms with E-state index in [1.54, 1.807) is 30.6 Å². The van der Waals surface area contributed by atoms with Crippen molar-refractivity contribution in [3.8, 4) is 5.88 Å². The molecule has 0 amide bonds. The summed E-state index contributed by atoms with van der Waals surface area (Å²) in [5, 5.41) is 3.15. The van der Waals surface area contributed by atoms with Crippen LogP contribution in [0.3, 0.4) is 0 Å². The van der Waals surface area contributed by atoms with Crippen molar-refractivity contribution in [1.82, 2.24) is 15.0 Å². The zero-order chi connectivity index (χ0) is 19.6. The molecule has 0 spiro atoms. The number of imidazole rings is 1. The van der Waals surface area contributed by atoms with Crippen LogP contribution in [0.2, 0.25) is 0 Å². The van der Waals surface area contributed by atoms with Gasteiger partial charge in [0, 0.05) is 6.26 Å². The van der Waals surface area contributed by atoms with Crippen molar-refractivity contribution in [1.29, 1.82) is 0 Å². The zero-order valence-corrected chi connectivity index (χ0v) is 16.6. The molecule has 0 bridgehead atoms. The first kappa shape index (κ1) is 18.7. The Labute approximate surface area is 163 Å². The van der Waals surface area contributed by atoms with Crippen molar-refractivity contribution in [3.63, 3.8) is 0 Å². The van der Waals surface area contributed by atoms with Gasteiger partial charge in [-0.25, -0.2) is 23.7 Å². The third-order valence-corrected chi connectivity index (χ3v) is 6.16. The summed E-state index contributed by atoms with van der Waals surface area (Å²) in [4.78, 5) is 15.2. The number of hydrogen-bond donors (Lipinski definition) is 2. The van der Waals surface area contributed by atoms with Gasteiger partial charge in [-0.2, -0.15) is 0 Å². The van der Waals surface area contributed by atoms with Crippen molar-refractivity contribution >= 4 is 32.6 Å². The number of aromatic nitrogens is 4. The molecular formula is C19H24N5O3S+. The Kier molecular flexibility index (Phi) is 5.17. The van der Waals surface area contributed by atoms with Crippen LogP contribution in [0.25, 0.3) is 11.2 Å². The van der Waals surface area contributed by atoms with E-state index in [-0.39, 0.29) is 4.90 Å². The fourth-order valence-corrected chi connectivity index (χ4v) is 4.12. The van der Waals surface area contributed by atoms with E-state index < -0.39 is 9.84 Å². The van der Waals surface area contributed by atoms with Crippen LogP contribution >= 0.6 is 0 Å². The van der Waals surface area contributed by atoms with Crippen molar-refractivity contribution in [2.24, 2.45) is 5.92 Å². The summed E-state index contributed by atoms with van der Waals surface area (Å²) < 4.78 is 29.3. The first-order chi connectivity index (χ1) is 13.5. The third-order valence-electron chi connectivity index (χ3n) is 5.03. The summed E-state index contributed by atoms with van der Waals surface area (Å²) in [6, 6.07) is 6.52. The van der Waals surface area contributed by atoms with E-state index >= 15 is 0 Å². The minimum atomic E-state index is -3.22. The maximum atomic E-state index is 11.6. The maximum Gasteiger partial charge on any atom is 0.399 e. The van der Waals surface area contributed by atoms with Gasteiger partial charge in [-0.15, -0.1) is 0 Å². The number of benzene rings is 1. The molecule has 1 aliphatic carbocycles. The smallest absolute Gasteiger partial charge is 0.399 e. The lowest BCUT2D eigenvalue weighted by molar-refractivity contribution is -0.380. The molecule has 0 atom stereocenters. The molecule has 2 aromatic heterocycles. The van der Waals surface area contributed by atoms with E-state index in [4.69, 9.17) is 4.74 Å². The van der Waals surface area contributed by atoms with Crippen LogP contribution in [-0.4, -0.2) is 36.2 Å². The van der Waals surface area contributed by atoms with E-state index in [0.29, 0.717) is 35.7 Å². The number of hydrogen-bond acceptors (Lipinski definition) is 6. The van der Waals surface area contributed by atoms with Gasteiger partial charge >= 0.3 is 5.95 Å². The number of sulfone groups is 1. The Balaban J connectivity index is 1.54. The van der Waals surface area contributed by atoms with Crippen LogP contribution in [0, 0.1) is 5.92 Å². The molecule has 3 aromatic rings. The lowest BCUT2D eigenvalue weighted by atomic mass is 9.90. The lowest BCUT2D eigenvalue weighted by Crippen LogP contribution is -2.21. The minimum absolute atomic E-state index is 0.272. The Morgan fingerprint density at radius 3 is 2.68 bits per heavy atom. The average molecular weight is 403 g/mol. The largest absolute Gasteiger partial charge is 0.466 e. The Morgan fingerprint density at radius 1 is 1.21 bits per heavy atom. The second-order valence-electron chi connectivity index (χ2n) is 7.25. The summed E-state index contributed by atoms with van der Waals surface area (Å²) >= 11 is 0. The minimum Gasteiger partial charge on any atom is -0.466 e. The van der Waals surface area contributed by atoms with Gasteiger partial charge in [-0.05, 0) is 48.0 Å². The molecule has 1 aliphatic rings. The lowest BCUT2D eigenvalue weighted by Gasteiger charge is -2.21. The Bertz CT molecular complexity index is 1060. The molecule has 28 heavy (non-hydrogen) atoms. The van der Waals surface area contributed by atoms with Gasteiger partial charge in [0.15, 0.2) is 15.4 Å². The number of ether oxygens (including phenoxy) is 1. The Morgan fingerprint density at radius 2 is 1.96 bits per heavy atom. The van der Waals surface area contributed by atoms with Crippen molar-refractivity contribution < 1.29 is 18.1 Å². The third kappa shape index (κ3) is 4.24. The standard InChI is InChI=1S/C19H23N5O3S/c1-28(25,26)15-9-7-14(8-10-15)22-19-23-17-16(20-12-21-17)18(24-19)27-11-13-5-3-2-4-6-13/h7-10,12-13H,2-6,11H2,1H3,(H2,20,21,22,23,24)/p+1. The number of aromatic amines is 2. The highest BCUT2D eigenvalue weighted by Crippen LogP contribution is 2.25. The molecule has 1 aromatic carbocycles. The molecule has 3 N–H and O–H groups in total. The SMILES string of the molecule is CS(=O)(=O)c1ccc(Nc2nc3nc[nH]c3c(OCC3CCCCC3)[nH+]2)cc1. The fraction of sp³-hybridized carbons (Fsp3) is 0.421. The van der Waals surface area contributed by atoms with Crippen molar-refractivity contribution in [2.75, 3.05) is 18.2 Å². The highest BCUT2D eigenvalue weighted by molar-refractivity contribution is 7.90. The monoisotopic (exact) mass is 402 g/mol. The summed E-state index contributed by atoms with van der Waals surface area (Å²) in [7, 11) is -3.22. The van der Waals surface area contributed by atoms with Crippen LogP contribution < -0.4 is 15.0 Å². The van der Waals surface area contributed by atoms with E-state index in [1.807, 2.05) is 0 Å². The van der Waals surface area contributed by atoms with Gasteiger partial charge in [-0.3, -0.25) is 0 Å². The molecular weight excluding hydrogens is 378 g/mol. The van der Waals surface area contributed by atoms with Crippen molar-refractivity contribution in [3.05, 3.63) is 30.6 Å². The van der Waals surface area contributed by atoms with Crippen LogP contribution in [0.4, 0.5) is 11.6 Å². The molecule has 0 unspecified atom stereocenters. The first-order valence-corrected chi connectivity index (χ1v) is 11.3. The van der Waals surface area contributed by atoms with Crippen LogP contribution in [0.1, 0.15) is 32.1 Å². The molecule has 1 saturated carbocycles.